The Bertz CT molecular complexity index is 1330. The smallest absolute Gasteiger partial charge is 0.326 e. The number of nitrogens with zero attached hydrogens (tertiary/aromatic N) is 1. The Morgan fingerprint density at radius 3 is 2.29 bits per heavy atom. The van der Waals surface area contributed by atoms with Gasteiger partial charge in [-0.25, -0.2) is 9.78 Å². The lowest BCUT2D eigenvalue weighted by molar-refractivity contribution is -0.141. The van der Waals surface area contributed by atoms with Gasteiger partial charge in [-0.05, 0) is 48.2 Å². The Hall–Kier alpha value is -4.39. The third-order valence-electron chi connectivity index (χ3n) is 6.38. The minimum atomic E-state index is -1.07. The molecule has 2 atom stereocenters. The quantitative estimate of drug-likeness (QED) is 0.257. The van der Waals surface area contributed by atoms with E-state index in [1.165, 1.54) is 0 Å². The summed E-state index contributed by atoms with van der Waals surface area (Å²) in [4.78, 5) is 28.9. The van der Waals surface area contributed by atoms with Crippen molar-refractivity contribution in [3.05, 3.63) is 108 Å². The molecule has 38 heavy (non-hydrogen) atoms. The van der Waals surface area contributed by atoms with E-state index in [-0.39, 0.29) is 24.7 Å². The van der Waals surface area contributed by atoms with E-state index >= 15 is 0 Å². The third-order valence-corrected chi connectivity index (χ3v) is 6.38. The molecule has 4 rings (SSSR count). The van der Waals surface area contributed by atoms with Crippen LogP contribution in [0.25, 0.3) is 11.5 Å². The number of carboxylic acids is 1. The van der Waals surface area contributed by atoms with Crippen molar-refractivity contribution in [2.45, 2.75) is 45.1 Å². The van der Waals surface area contributed by atoms with Crippen LogP contribution in [0.3, 0.4) is 0 Å². The fourth-order valence-electron chi connectivity index (χ4n) is 4.22. The van der Waals surface area contributed by atoms with E-state index in [0.29, 0.717) is 24.7 Å². The summed E-state index contributed by atoms with van der Waals surface area (Å²) >= 11 is 0. The van der Waals surface area contributed by atoms with Gasteiger partial charge in [0.1, 0.15) is 17.6 Å². The summed E-state index contributed by atoms with van der Waals surface area (Å²) in [6.07, 6.45) is 0.998. The molecule has 0 saturated carbocycles. The number of ether oxygens (including phenoxy) is 1. The molecule has 0 bridgehead atoms. The molecular weight excluding hydrogens is 480 g/mol. The van der Waals surface area contributed by atoms with E-state index in [4.69, 9.17) is 9.15 Å². The number of aliphatic carboxylic acids is 1. The Kier molecular flexibility index (Phi) is 8.93. The van der Waals surface area contributed by atoms with Gasteiger partial charge < -0.3 is 19.6 Å². The van der Waals surface area contributed by atoms with Crippen LogP contribution in [0.5, 0.6) is 5.75 Å². The van der Waals surface area contributed by atoms with Crippen LogP contribution in [0.1, 0.15) is 41.8 Å². The summed E-state index contributed by atoms with van der Waals surface area (Å²) in [5.41, 5.74) is 3.61. The largest absolute Gasteiger partial charge is 0.493 e. The molecule has 196 valence electrons. The summed E-state index contributed by atoms with van der Waals surface area (Å²) in [6.45, 7) is 4.27. The zero-order valence-electron chi connectivity index (χ0n) is 21.6. The van der Waals surface area contributed by atoms with Crippen molar-refractivity contribution in [3.8, 4) is 17.2 Å². The van der Waals surface area contributed by atoms with E-state index in [1.807, 2.05) is 86.6 Å². The van der Waals surface area contributed by atoms with E-state index in [1.54, 1.807) is 12.1 Å². The molecule has 1 heterocycles. The standard InChI is InChI=1S/C31H32N2O5/c1-21(24-9-5-3-6-10-24)19-29(34)32-28(31(35)36)20-23-13-15-26(16-14-23)37-18-17-27-22(2)38-30(33-27)25-11-7-4-8-12-25/h3-16,21,28H,17-20H2,1-2H3,(H,32,34)(H,35,36)/t21?,28-/m0/s1. The lowest BCUT2D eigenvalue weighted by Crippen LogP contribution is -2.42. The van der Waals surface area contributed by atoms with Crippen LogP contribution in [-0.4, -0.2) is 34.6 Å². The first-order valence-electron chi connectivity index (χ1n) is 12.7. The molecule has 1 aromatic heterocycles. The average Bonchev–Trinajstić information content (AvgIpc) is 3.30. The number of carbonyl (C=O) groups excluding carboxylic acids is 1. The molecule has 0 aliphatic carbocycles. The monoisotopic (exact) mass is 512 g/mol. The maximum atomic E-state index is 12.5. The summed E-state index contributed by atoms with van der Waals surface area (Å²) in [5, 5.41) is 12.3. The van der Waals surface area contributed by atoms with E-state index < -0.39 is 12.0 Å². The van der Waals surface area contributed by atoms with Crippen LogP contribution in [0.4, 0.5) is 0 Å². The van der Waals surface area contributed by atoms with Crippen molar-refractivity contribution in [2.75, 3.05) is 6.61 Å². The molecule has 7 heteroatoms. The van der Waals surface area contributed by atoms with Crippen molar-refractivity contribution in [2.24, 2.45) is 0 Å². The molecule has 0 fully saturated rings. The molecule has 1 amide bonds. The van der Waals surface area contributed by atoms with Gasteiger partial charge >= 0.3 is 5.97 Å². The van der Waals surface area contributed by atoms with Gasteiger partial charge in [0.05, 0.1) is 12.3 Å². The van der Waals surface area contributed by atoms with Crippen molar-refractivity contribution in [1.29, 1.82) is 0 Å². The summed E-state index contributed by atoms with van der Waals surface area (Å²) < 4.78 is 11.7. The van der Waals surface area contributed by atoms with Gasteiger partial charge in [0, 0.05) is 24.8 Å². The summed E-state index contributed by atoms with van der Waals surface area (Å²) in [7, 11) is 0. The highest BCUT2D eigenvalue weighted by molar-refractivity contribution is 5.84. The molecule has 0 radical (unpaired) electrons. The van der Waals surface area contributed by atoms with Crippen molar-refractivity contribution < 1.29 is 23.8 Å². The number of amides is 1. The van der Waals surface area contributed by atoms with E-state index in [9.17, 15) is 14.7 Å². The maximum Gasteiger partial charge on any atom is 0.326 e. The Labute approximate surface area is 222 Å². The van der Waals surface area contributed by atoms with Gasteiger partial charge in [-0.2, -0.15) is 0 Å². The minimum Gasteiger partial charge on any atom is -0.493 e. The number of oxazole rings is 1. The first-order chi connectivity index (χ1) is 18.4. The zero-order chi connectivity index (χ0) is 26.9. The second-order valence-corrected chi connectivity index (χ2v) is 9.31. The van der Waals surface area contributed by atoms with Crippen molar-refractivity contribution >= 4 is 11.9 Å². The Balaban J connectivity index is 1.27. The predicted molar refractivity (Wildman–Crippen MR) is 145 cm³/mol. The van der Waals surface area contributed by atoms with Gasteiger partial charge in [-0.15, -0.1) is 0 Å². The molecule has 1 unspecified atom stereocenters. The van der Waals surface area contributed by atoms with Crippen molar-refractivity contribution in [3.63, 3.8) is 0 Å². The Morgan fingerprint density at radius 2 is 1.63 bits per heavy atom. The van der Waals surface area contributed by atoms with Gasteiger partial charge in [0.2, 0.25) is 11.8 Å². The molecule has 3 aromatic carbocycles. The number of nitrogens with one attached hydrogen (secondary N) is 1. The number of rotatable bonds is 12. The van der Waals surface area contributed by atoms with Crippen LogP contribution in [0, 0.1) is 6.92 Å². The second kappa shape index (κ2) is 12.7. The van der Waals surface area contributed by atoms with Crippen LogP contribution in [-0.2, 0) is 22.4 Å². The van der Waals surface area contributed by atoms with Gasteiger partial charge in [-0.1, -0.05) is 67.6 Å². The Morgan fingerprint density at radius 1 is 0.974 bits per heavy atom. The molecule has 4 aromatic rings. The molecule has 7 nitrogen and oxygen atoms in total. The molecule has 0 saturated heterocycles. The molecule has 0 aliphatic rings. The van der Waals surface area contributed by atoms with Gasteiger partial charge in [0.25, 0.3) is 0 Å². The van der Waals surface area contributed by atoms with E-state index in [2.05, 4.69) is 10.3 Å². The van der Waals surface area contributed by atoms with Gasteiger partial charge in [-0.3, -0.25) is 4.79 Å². The SMILES string of the molecule is Cc1oc(-c2ccccc2)nc1CCOc1ccc(C[C@H](NC(=O)CC(C)c2ccccc2)C(=O)O)cc1. The topological polar surface area (TPSA) is 102 Å². The minimum absolute atomic E-state index is 0.00644. The predicted octanol–water partition coefficient (Wildman–Crippen LogP) is 5.58. The number of hydrogen-bond acceptors (Lipinski definition) is 5. The fraction of sp³-hybridized carbons (Fsp3) is 0.258. The molecule has 0 spiro atoms. The first-order valence-corrected chi connectivity index (χ1v) is 12.7. The van der Waals surface area contributed by atoms with Crippen LogP contribution in [0.15, 0.2) is 89.3 Å². The molecule has 2 N–H and O–H groups in total. The fourth-order valence-corrected chi connectivity index (χ4v) is 4.22. The average molecular weight is 513 g/mol. The summed E-state index contributed by atoms with van der Waals surface area (Å²) in [5.74, 6) is 0.676. The highest BCUT2D eigenvalue weighted by Crippen LogP contribution is 2.22. The number of carboxylic acid groups (broad SMARTS) is 1. The third kappa shape index (κ3) is 7.32. The molecule has 0 aliphatic heterocycles. The number of aryl methyl sites for hydroxylation is 1. The molecular formula is C31H32N2O5. The normalized spacial score (nSPS) is 12.5. The second-order valence-electron chi connectivity index (χ2n) is 9.31. The lowest BCUT2D eigenvalue weighted by Gasteiger charge is -2.17. The van der Waals surface area contributed by atoms with Crippen molar-refractivity contribution in [1.82, 2.24) is 10.3 Å². The first kappa shape index (κ1) is 26.7. The van der Waals surface area contributed by atoms with Crippen LogP contribution in [0.2, 0.25) is 0 Å². The number of aromatic nitrogens is 1. The van der Waals surface area contributed by atoms with Crippen LogP contribution < -0.4 is 10.1 Å². The highest BCUT2D eigenvalue weighted by atomic mass is 16.5. The number of benzene rings is 3. The highest BCUT2D eigenvalue weighted by Gasteiger charge is 2.22. The number of hydrogen-bond donors (Lipinski definition) is 2. The number of carbonyl (C=O) groups is 2. The zero-order valence-corrected chi connectivity index (χ0v) is 21.6. The lowest BCUT2D eigenvalue weighted by atomic mass is 9.97. The van der Waals surface area contributed by atoms with Gasteiger partial charge in [0.15, 0.2) is 0 Å². The summed E-state index contributed by atoms with van der Waals surface area (Å²) in [6, 6.07) is 25.7. The maximum absolute atomic E-state index is 12.5. The van der Waals surface area contributed by atoms with Crippen LogP contribution >= 0.6 is 0 Å². The van der Waals surface area contributed by atoms with E-state index in [0.717, 1.165) is 28.1 Å².